The van der Waals surface area contributed by atoms with Crippen LogP contribution in [0.25, 0.3) is 0 Å². The van der Waals surface area contributed by atoms with Crippen molar-refractivity contribution in [3.05, 3.63) is 36.4 Å². The number of benzene rings is 2. The fraction of sp³-hybridized carbons (Fsp3) is 0.278. The molecule has 132 valence electrons. The molecule has 0 aromatic heterocycles. The van der Waals surface area contributed by atoms with Gasteiger partial charge in [-0.15, -0.1) is 0 Å². The van der Waals surface area contributed by atoms with Crippen molar-refractivity contribution in [1.29, 1.82) is 0 Å². The van der Waals surface area contributed by atoms with Gasteiger partial charge in [0.1, 0.15) is 6.61 Å². The van der Waals surface area contributed by atoms with Gasteiger partial charge < -0.3 is 29.0 Å². The van der Waals surface area contributed by atoms with Crippen LogP contribution >= 0.6 is 0 Å². The molecule has 1 aliphatic heterocycles. The molecular formula is C18H19NO6. The first-order chi connectivity index (χ1) is 12.2. The van der Waals surface area contributed by atoms with Crippen LogP contribution in [0.4, 0.5) is 5.69 Å². The zero-order valence-electron chi connectivity index (χ0n) is 14.2. The number of fused-ring (bicyclic) bond motifs is 1. The second-order valence-corrected chi connectivity index (χ2v) is 5.27. The molecule has 7 heteroatoms. The molecule has 0 fully saturated rings. The van der Waals surface area contributed by atoms with E-state index in [1.807, 2.05) is 12.1 Å². The summed E-state index contributed by atoms with van der Waals surface area (Å²) in [6.07, 6.45) is -0.756. The molecule has 1 N–H and O–H groups in total. The molecule has 25 heavy (non-hydrogen) atoms. The van der Waals surface area contributed by atoms with Crippen LogP contribution in [-0.4, -0.2) is 39.9 Å². The molecule has 0 saturated heterocycles. The highest BCUT2D eigenvalue weighted by Gasteiger charge is 2.27. The lowest BCUT2D eigenvalue weighted by Crippen LogP contribution is -2.40. The molecule has 1 heterocycles. The van der Waals surface area contributed by atoms with E-state index in [2.05, 4.69) is 5.32 Å². The highest BCUT2D eigenvalue weighted by molar-refractivity contribution is 5.95. The van der Waals surface area contributed by atoms with Crippen LogP contribution in [-0.2, 0) is 4.79 Å². The van der Waals surface area contributed by atoms with Gasteiger partial charge in [0, 0.05) is 17.8 Å². The SMILES string of the molecule is COc1cc(NC(=O)[C@@H]2COc3ccccc3O2)cc(OC)c1OC. The maximum atomic E-state index is 12.5. The highest BCUT2D eigenvalue weighted by Crippen LogP contribution is 2.40. The van der Waals surface area contributed by atoms with Gasteiger partial charge in [-0.05, 0) is 12.1 Å². The molecular weight excluding hydrogens is 326 g/mol. The van der Waals surface area contributed by atoms with Crippen LogP contribution in [0.15, 0.2) is 36.4 Å². The molecule has 0 spiro atoms. The van der Waals surface area contributed by atoms with Crippen LogP contribution < -0.4 is 29.0 Å². The van der Waals surface area contributed by atoms with Gasteiger partial charge in [0.25, 0.3) is 5.91 Å². The molecule has 0 radical (unpaired) electrons. The van der Waals surface area contributed by atoms with E-state index in [1.165, 1.54) is 21.3 Å². The highest BCUT2D eigenvalue weighted by atomic mass is 16.6. The van der Waals surface area contributed by atoms with Crippen LogP contribution in [0, 0.1) is 0 Å². The van der Waals surface area contributed by atoms with Crippen LogP contribution in [0.1, 0.15) is 0 Å². The number of hydrogen-bond donors (Lipinski definition) is 1. The molecule has 0 unspecified atom stereocenters. The van der Waals surface area contributed by atoms with E-state index < -0.39 is 6.10 Å². The fourth-order valence-corrected chi connectivity index (χ4v) is 2.52. The fourth-order valence-electron chi connectivity index (χ4n) is 2.52. The Morgan fingerprint density at radius 2 is 1.68 bits per heavy atom. The summed E-state index contributed by atoms with van der Waals surface area (Å²) in [7, 11) is 4.54. The van der Waals surface area contributed by atoms with Gasteiger partial charge in [-0.2, -0.15) is 0 Å². The molecule has 0 bridgehead atoms. The lowest BCUT2D eigenvalue weighted by atomic mass is 10.2. The minimum atomic E-state index is -0.756. The van der Waals surface area contributed by atoms with Crippen molar-refractivity contribution in [3.8, 4) is 28.7 Å². The third kappa shape index (κ3) is 3.40. The Morgan fingerprint density at radius 1 is 1.04 bits per heavy atom. The quantitative estimate of drug-likeness (QED) is 0.897. The lowest BCUT2D eigenvalue weighted by Gasteiger charge is -2.25. The minimum Gasteiger partial charge on any atom is -0.493 e. The molecule has 1 atom stereocenters. The van der Waals surface area contributed by atoms with Gasteiger partial charge in [-0.25, -0.2) is 0 Å². The standard InChI is InChI=1S/C18H19NO6/c1-21-14-8-11(9-15(22-2)17(14)23-3)19-18(20)16-10-24-12-6-4-5-7-13(12)25-16/h4-9,16H,10H2,1-3H3,(H,19,20)/t16-/m0/s1. The molecule has 1 aliphatic rings. The van der Waals surface area contributed by atoms with Gasteiger partial charge in [-0.3, -0.25) is 4.79 Å². The van der Waals surface area contributed by atoms with E-state index >= 15 is 0 Å². The predicted molar refractivity (Wildman–Crippen MR) is 91.1 cm³/mol. The summed E-state index contributed by atoms with van der Waals surface area (Å²) in [5.41, 5.74) is 0.502. The van der Waals surface area contributed by atoms with Crippen molar-refractivity contribution in [2.75, 3.05) is 33.3 Å². The van der Waals surface area contributed by atoms with Gasteiger partial charge in [0.15, 0.2) is 23.0 Å². The van der Waals surface area contributed by atoms with Gasteiger partial charge in [0.05, 0.1) is 21.3 Å². The van der Waals surface area contributed by atoms with Crippen molar-refractivity contribution in [1.82, 2.24) is 0 Å². The van der Waals surface area contributed by atoms with Crippen LogP contribution in [0.3, 0.4) is 0 Å². The maximum Gasteiger partial charge on any atom is 0.269 e. The first-order valence-electron chi connectivity index (χ1n) is 7.65. The van der Waals surface area contributed by atoms with E-state index in [1.54, 1.807) is 24.3 Å². The number of anilines is 1. The number of nitrogens with one attached hydrogen (secondary N) is 1. The Hall–Kier alpha value is -3.09. The predicted octanol–water partition coefficient (Wildman–Crippen LogP) is 2.49. The number of carbonyl (C=O) groups is 1. The Balaban J connectivity index is 1.77. The van der Waals surface area contributed by atoms with Crippen molar-refractivity contribution in [2.24, 2.45) is 0 Å². The molecule has 3 rings (SSSR count). The van der Waals surface area contributed by atoms with Crippen molar-refractivity contribution >= 4 is 11.6 Å². The second-order valence-electron chi connectivity index (χ2n) is 5.27. The van der Waals surface area contributed by atoms with E-state index in [4.69, 9.17) is 23.7 Å². The van der Waals surface area contributed by atoms with Gasteiger partial charge >= 0.3 is 0 Å². The largest absolute Gasteiger partial charge is 0.493 e. The average molecular weight is 345 g/mol. The minimum absolute atomic E-state index is 0.132. The summed E-state index contributed by atoms with van der Waals surface area (Å²) in [5.74, 6) is 2.18. The van der Waals surface area contributed by atoms with Crippen LogP contribution in [0.5, 0.6) is 28.7 Å². The topological polar surface area (TPSA) is 75.3 Å². The zero-order valence-corrected chi connectivity index (χ0v) is 14.2. The molecule has 0 aliphatic carbocycles. The van der Waals surface area contributed by atoms with E-state index in [0.717, 1.165) is 0 Å². The van der Waals surface area contributed by atoms with E-state index in [0.29, 0.717) is 34.4 Å². The number of amides is 1. The Kier molecular flexibility index (Phi) is 4.83. The second kappa shape index (κ2) is 7.21. The summed E-state index contributed by atoms with van der Waals surface area (Å²) in [6, 6.07) is 10.5. The number of carbonyl (C=O) groups excluding carboxylic acids is 1. The summed E-state index contributed by atoms with van der Waals surface area (Å²) >= 11 is 0. The average Bonchev–Trinajstić information content (AvgIpc) is 2.66. The van der Waals surface area contributed by atoms with Gasteiger partial charge in [-0.1, -0.05) is 12.1 Å². The maximum absolute atomic E-state index is 12.5. The lowest BCUT2D eigenvalue weighted by molar-refractivity contribution is -0.125. The molecule has 2 aromatic rings. The first kappa shape index (κ1) is 16.8. The summed E-state index contributed by atoms with van der Waals surface area (Å²) in [5, 5.41) is 2.78. The Morgan fingerprint density at radius 3 is 2.28 bits per heavy atom. The zero-order chi connectivity index (χ0) is 17.8. The van der Waals surface area contributed by atoms with Gasteiger partial charge in [0.2, 0.25) is 11.9 Å². The number of rotatable bonds is 5. The summed E-state index contributed by atoms with van der Waals surface area (Å²) in [4.78, 5) is 12.5. The molecule has 1 amide bonds. The van der Waals surface area contributed by atoms with Crippen molar-refractivity contribution in [2.45, 2.75) is 6.10 Å². The summed E-state index contributed by atoms with van der Waals surface area (Å²) in [6.45, 7) is 0.132. The number of para-hydroxylation sites is 2. The number of hydrogen-bond acceptors (Lipinski definition) is 6. The van der Waals surface area contributed by atoms with E-state index in [9.17, 15) is 4.79 Å². The smallest absolute Gasteiger partial charge is 0.269 e. The Labute approximate surface area is 145 Å². The third-order valence-corrected chi connectivity index (χ3v) is 3.73. The van der Waals surface area contributed by atoms with Crippen molar-refractivity contribution < 1.29 is 28.5 Å². The molecule has 7 nitrogen and oxygen atoms in total. The first-order valence-corrected chi connectivity index (χ1v) is 7.65. The number of methoxy groups -OCH3 is 3. The summed E-state index contributed by atoms with van der Waals surface area (Å²) < 4.78 is 27.1. The molecule has 0 saturated carbocycles. The normalized spacial score (nSPS) is 15.2. The Bertz CT molecular complexity index is 751. The van der Waals surface area contributed by atoms with Crippen molar-refractivity contribution in [3.63, 3.8) is 0 Å². The monoisotopic (exact) mass is 345 g/mol. The van der Waals surface area contributed by atoms with E-state index in [-0.39, 0.29) is 12.5 Å². The van der Waals surface area contributed by atoms with Crippen LogP contribution in [0.2, 0.25) is 0 Å². The number of ether oxygens (including phenoxy) is 5. The third-order valence-electron chi connectivity index (χ3n) is 3.73. The molecule has 2 aromatic carbocycles.